The molecule has 0 heterocycles. The zero-order valence-electron chi connectivity index (χ0n) is 17.7. The highest BCUT2D eigenvalue weighted by atomic mass is 19.1. The highest BCUT2D eigenvalue weighted by Gasteiger charge is 2.23. The minimum atomic E-state index is -1.14. The van der Waals surface area contributed by atoms with Crippen LogP contribution in [0.4, 0.5) is 14.5 Å². The highest BCUT2D eigenvalue weighted by Crippen LogP contribution is 2.23. The Labute approximate surface area is 179 Å². The number of carbonyl (C=O) groups excluding carboxylic acids is 3. The van der Waals surface area contributed by atoms with Crippen molar-refractivity contribution in [2.75, 3.05) is 26.0 Å². The smallest absolute Gasteiger partial charge is 0.238 e. The average molecular weight is 432 g/mol. The lowest BCUT2D eigenvalue weighted by atomic mass is 10.0. The zero-order chi connectivity index (χ0) is 23.0. The van der Waals surface area contributed by atoms with Crippen LogP contribution in [-0.4, -0.2) is 43.3 Å². The van der Waals surface area contributed by atoms with E-state index in [1.54, 1.807) is 43.3 Å². The number of rotatable bonds is 9. The summed E-state index contributed by atoms with van der Waals surface area (Å²) in [6, 6.07) is 9.16. The second-order valence-corrected chi connectivity index (χ2v) is 7.36. The van der Waals surface area contributed by atoms with E-state index in [2.05, 4.69) is 16.0 Å². The van der Waals surface area contributed by atoms with Crippen LogP contribution in [0.1, 0.15) is 30.5 Å². The van der Waals surface area contributed by atoms with Crippen molar-refractivity contribution in [2.24, 2.45) is 0 Å². The van der Waals surface area contributed by atoms with Crippen molar-refractivity contribution < 1.29 is 23.2 Å². The lowest BCUT2D eigenvalue weighted by Crippen LogP contribution is -2.33. The van der Waals surface area contributed by atoms with Gasteiger partial charge >= 0.3 is 0 Å². The van der Waals surface area contributed by atoms with Crippen molar-refractivity contribution >= 4 is 23.4 Å². The molecule has 0 aliphatic carbocycles. The van der Waals surface area contributed by atoms with Gasteiger partial charge in [-0.15, -0.1) is 0 Å². The molecule has 3 amide bonds. The van der Waals surface area contributed by atoms with Gasteiger partial charge in [0.1, 0.15) is 11.6 Å². The summed E-state index contributed by atoms with van der Waals surface area (Å²) in [5, 5.41) is 7.85. The summed E-state index contributed by atoms with van der Waals surface area (Å²) in [7, 11) is 3.57. The Balaban J connectivity index is 2.02. The summed E-state index contributed by atoms with van der Waals surface area (Å²) < 4.78 is 28.2. The SMILES string of the molecule is CC(=O)NC(CC(=O)NCc1cccc(NC(=O)CN(C)C)c1)c1c(F)cccc1F. The fraction of sp³-hybridized carbons (Fsp3) is 0.318. The van der Waals surface area contributed by atoms with Gasteiger partial charge in [0.05, 0.1) is 19.0 Å². The third kappa shape index (κ3) is 7.78. The molecule has 0 bridgehead atoms. The Morgan fingerprint density at radius 3 is 2.26 bits per heavy atom. The molecule has 3 N–H and O–H groups in total. The van der Waals surface area contributed by atoms with Crippen LogP contribution >= 0.6 is 0 Å². The molecule has 0 saturated heterocycles. The number of carbonyl (C=O) groups is 3. The van der Waals surface area contributed by atoms with Crippen LogP contribution < -0.4 is 16.0 Å². The van der Waals surface area contributed by atoms with Gasteiger partial charge in [0.2, 0.25) is 17.7 Å². The Morgan fingerprint density at radius 1 is 1.00 bits per heavy atom. The van der Waals surface area contributed by atoms with Crippen molar-refractivity contribution in [2.45, 2.75) is 25.9 Å². The first-order chi connectivity index (χ1) is 14.7. The molecule has 2 rings (SSSR count). The molecule has 166 valence electrons. The van der Waals surface area contributed by atoms with E-state index in [9.17, 15) is 23.2 Å². The minimum absolute atomic E-state index is 0.142. The van der Waals surface area contributed by atoms with Crippen LogP contribution in [0.25, 0.3) is 0 Å². The lowest BCUT2D eigenvalue weighted by molar-refractivity contribution is -0.123. The maximum atomic E-state index is 14.1. The zero-order valence-corrected chi connectivity index (χ0v) is 17.7. The highest BCUT2D eigenvalue weighted by molar-refractivity contribution is 5.92. The summed E-state index contributed by atoms with van der Waals surface area (Å²) in [6.45, 7) is 1.58. The summed E-state index contributed by atoms with van der Waals surface area (Å²) in [4.78, 5) is 37.5. The van der Waals surface area contributed by atoms with Gasteiger partial charge in [-0.3, -0.25) is 14.4 Å². The third-order valence-electron chi connectivity index (χ3n) is 4.28. The topological polar surface area (TPSA) is 90.5 Å². The van der Waals surface area contributed by atoms with E-state index < -0.39 is 29.5 Å². The Hall–Kier alpha value is -3.33. The summed E-state index contributed by atoms with van der Waals surface area (Å²) in [5.74, 6) is -2.86. The average Bonchev–Trinajstić information content (AvgIpc) is 2.65. The molecule has 2 aromatic carbocycles. The van der Waals surface area contributed by atoms with E-state index >= 15 is 0 Å². The second kappa shape index (κ2) is 11.2. The molecule has 0 fully saturated rings. The first-order valence-electron chi connectivity index (χ1n) is 9.67. The van der Waals surface area contributed by atoms with E-state index in [1.165, 1.54) is 13.0 Å². The largest absolute Gasteiger partial charge is 0.352 e. The lowest BCUT2D eigenvalue weighted by Gasteiger charge is -2.19. The van der Waals surface area contributed by atoms with Gasteiger partial charge in [0, 0.05) is 24.7 Å². The Kier molecular flexibility index (Phi) is 8.63. The van der Waals surface area contributed by atoms with Crippen molar-refractivity contribution in [1.82, 2.24) is 15.5 Å². The number of anilines is 1. The molecule has 31 heavy (non-hydrogen) atoms. The number of halogens is 2. The molecule has 0 aromatic heterocycles. The molecule has 1 atom stereocenters. The molecular weight excluding hydrogens is 406 g/mol. The summed E-state index contributed by atoms with van der Waals surface area (Å²) in [5.41, 5.74) is 0.950. The minimum Gasteiger partial charge on any atom is -0.352 e. The third-order valence-corrected chi connectivity index (χ3v) is 4.28. The molecule has 0 spiro atoms. The van der Waals surface area contributed by atoms with Crippen LogP contribution in [0.3, 0.4) is 0 Å². The predicted octanol–water partition coefficient (Wildman–Crippen LogP) is 2.35. The van der Waals surface area contributed by atoms with Crippen LogP contribution in [-0.2, 0) is 20.9 Å². The first kappa shape index (κ1) is 23.9. The number of likely N-dealkylation sites (N-methyl/N-ethyl adjacent to an activating group) is 1. The molecule has 0 radical (unpaired) electrons. The van der Waals surface area contributed by atoms with E-state index in [0.29, 0.717) is 5.69 Å². The molecule has 2 aromatic rings. The predicted molar refractivity (Wildman–Crippen MR) is 113 cm³/mol. The first-order valence-corrected chi connectivity index (χ1v) is 9.67. The van der Waals surface area contributed by atoms with E-state index in [4.69, 9.17) is 0 Å². The number of amides is 3. The van der Waals surface area contributed by atoms with E-state index in [1.807, 2.05) is 0 Å². The molecule has 0 saturated carbocycles. The van der Waals surface area contributed by atoms with Crippen molar-refractivity contribution in [3.8, 4) is 0 Å². The maximum Gasteiger partial charge on any atom is 0.238 e. The molecule has 0 aliphatic rings. The number of benzene rings is 2. The number of nitrogens with zero attached hydrogens (tertiary/aromatic N) is 1. The van der Waals surface area contributed by atoms with Gasteiger partial charge < -0.3 is 20.9 Å². The van der Waals surface area contributed by atoms with Gasteiger partial charge in [0.15, 0.2) is 0 Å². The quantitative estimate of drug-likeness (QED) is 0.567. The van der Waals surface area contributed by atoms with Crippen molar-refractivity contribution in [3.05, 3.63) is 65.2 Å². The van der Waals surface area contributed by atoms with Crippen LogP contribution in [0.2, 0.25) is 0 Å². The van der Waals surface area contributed by atoms with Gasteiger partial charge in [-0.2, -0.15) is 0 Å². The van der Waals surface area contributed by atoms with Gasteiger partial charge in [-0.25, -0.2) is 8.78 Å². The normalized spacial score (nSPS) is 11.7. The fourth-order valence-corrected chi connectivity index (χ4v) is 3.02. The number of hydrogen-bond acceptors (Lipinski definition) is 4. The summed E-state index contributed by atoms with van der Waals surface area (Å²) >= 11 is 0. The monoisotopic (exact) mass is 432 g/mol. The molecule has 0 aliphatic heterocycles. The van der Waals surface area contributed by atoms with E-state index in [0.717, 1.165) is 17.7 Å². The van der Waals surface area contributed by atoms with Crippen LogP contribution in [0.15, 0.2) is 42.5 Å². The second-order valence-electron chi connectivity index (χ2n) is 7.36. The molecule has 7 nitrogen and oxygen atoms in total. The Bertz CT molecular complexity index is 930. The molecule has 1 unspecified atom stereocenters. The molecule has 9 heteroatoms. The fourth-order valence-electron chi connectivity index (χ4n) is 3.02. The standard InChI is InChI=1S/C22H26F2N4O3/c1-14(29)26-19(22-17(23)8-5-9-18(22)24)11-20(30)25-12-15-6-4-7-16(10-15)27-21(31)13-28(2)3/h4-10,19H,11-13H2,1-3H3,(H,25,30)(H,26,29)(H,27,31). The maximum absolute atomic E-state index is 14.1. The summed E-state index contributed by atoms with van der Waals surface area (Å²) in [6.07, 6.45) is -0.337. The Morgan fingerprint density at radius 2 is 1.65 bits per heavy atom. The van der Waals surface area contributed by atoms with Gasteiger partial charge in [-0.05, 0) is 43.9 Å². The molecular formula is C22H26F2N4O3. The van der Waals surface area contributed by atoms with Gasteiger partial charge in [-0.1, -0.05) is 18.2 Å². The van der Waals surface area contributed by atoms with Crippen molar-refractivity contribution in [1.29, 1.82) is 0 Å². The van der Waals surface area contributed by atoms with Crippen LogP contribution in [0, 0.1) is 11.6 Å². The van der Waals surface area contributed by atoms with Crippen LogP contribution in [0.5, 0.6) is 0 Å². The van der Waals surface area contributed by atoms with E-state index in [-0.39, 0.29) is 31.0 Å². The van der Waals surface area contributed by atoms with Gasteiger partial charge in [0.25, 0.3) is 0 Å². The number of nitrogens with one attached hydrogen (secondary N) is 3. The van der Waals surface area contributed by atoms with Crippen molar-refractivity contribution in [3.63, 3.8) is 0 Å². The number of hydrogen-bond donors (Lipinski definition) is 3.